The lowest BCUT2D eigenvalue weighted by atomic mass is 9.90. The molecule has 1 aliphatic rings. The van der Waals surface area contributed by atoms with Crippen LogP contribution < -0.4 is 0 Å². The molecule has 21 heavy (non-hydrogen) atoms. The smallest absolute Gasteiger partial charge is 0.267 e. The normalized spacial score (nSPS) is 17.0. The molecular weight excluding hydrogens is 306 g/mol. The zero-order chi connectivity index (χ0) is 15.5. The average molecular weight is 330 g/mol. The van der Waals surface area contributed by atoms with Crippen molar-refractivity contribution >= 4 is 29.0 Å². The monoisotopic (exact) mass is 329 g/mol. The van der Waals surface area contributed by atoms with E-state index in [9.17, 15) is 4.79 Å². The molecular formula is C15H24ClN3OS. The number of amides is 1. The number of aromatic nitrogens is 2. The van der Waals surface area contributed by atoms with Gasteiger partial charge in [0.15, 0.2) is 0 Å². The van der Waals surface area contributed by atoms with E-state index >= 15 is 0 Å². The van der Waals surface area contributed by atoms with Gasteiger partial charge < -0.3 is 4.90 Å². The summed E-state index contributed by atoms with van der Waals surface area (Å²) >= 11 is 7.14. The summed E-state index contributed by atoms with van der Waals surface area (Å²) in [6.07, 6.45) is 5.84. The third kappa shape index (κ3) is 3.95. The molecule has 118 valence electrons. The van der Waals surface area contributed by atoms with E-state index in [1.165, 1.54) is 30.8 Å². The van der Waals surface area contributed by atoms with Crippen molar-refractivity contribution < 1.29 is 4.79 Å². The van der Waals surface area contributed by atoms with Crippen LogP contribution in [0.4, 0.5) is 0 Å². The number of alkyl halides is 1. The molecule has 1 fully saturated rings. The summed E-state index contributed by atoms with van der Waals surface area (Å²) in [7, 11) is 0. The van der Waals surface area contributed by atoms with E-state index in [0.717, 1.165) is 18.5 Å². The number of carbonyl (C=O) groups is 1. The van der Waals surface area contributed by atoms with Crippen LogP contribution in [-0.4, -0.2) is 38.9 Å². The Morgan fingerprint density at radius 2 is 2.00 bits per heavy atom. The maximum atomic E-state index is 13.0. The van der Waals surface area contributed by atoms with Gasteiger partial charge in [-0.05, 0) is 24.4 Å². The molecule has 1 aromatic rings. The van der Waals surface area contributed by atoms with Gasteiger partial charge in [-0.25, -0.2) is 0 Å². The Morgan fingerprint density at radius 3 is 2.57 bits per heavy atom. The third-order valence-electron chi connectivity index (χ3n) is 3.99. The van der Waals surface area contributed by atoms with Crippen LogP contribution in [0.3, 0.4) is 0 Å². The van der Waals surface area contributed by atoms with Crippen LogP contribution in [0.1, 0.15) is 68.2 Å². The van der Waals surface area contributed by atoms with Crippen molar-refractivity contribution in [1.82, 2.24) is 14.5 Å². The first-order valence-corrected chi connectivity index (χ1v) is 8.95. The van der Waals surface area contributed by atoms with E-state index in [2.05, 4.69) is 30.4 Å². The molecule has 0 aromatic carbocycles. The van der Waals surface area contributed by atoms with Crippen LogP contribution in [0.5, 0.6) is 0 Å². The first-order valence-electron chi connectivity index (χ1n) is 7.65. The summed E-state index contributed by atoms with van der Waals surface area (Å²) in [4.78, 5) is 15.6. The minimum absolute atomic E-state index is 0.0578. The molecule has 0 unspecified atom stereocenters. The quantitative estimate of drug-likeness (QED) is 0.788. The molecule has 1 aromatic heterocycles. The predicted molar refractivity (Wildman–Crippen MR) is 87.2 cm³/mol. The van der Waals surface area contributed by atoms with Gasteiger partial charge in [0.2, 0.25) is 0 Å². The van der Waals surface area contributed by atoms with Crippen LogP contribution in [0.25, 0.3) is 0 Å². The molecule has 0 bridgehead atoms. The molecule has 0 N–H and O–H groups in total. The molecule has 1 saturated carbocycles. The maximum Gasteiger partial charge on any atom is 0.267 e. The second kappa shape index (κ2) is 7.05. The number of rotatable bonds is 4. The highest BCUT2D eigenvalue weighted by Gasteiger charge is 2.32. The van der Waals surface area contributed by atoms with Gasteiger partial charge >= 0.3 is 0 Å². The summed E-state index contributed by atoms with van der Waals surface area (Å²) in [5, 5.41) is 4.18. The molecule has 0 saturated heterocycles. The van der Waals surface area contributed by atoms with E-state index in [1.54, 1.807) is 0 Å². The van der Waals surface area contributed by atoms with Crippen molar-refractivity contribution in [3.63, 3.8) is 0 Å². The number of halogens is 1. The van der Waals surface area contributed by atoms with E-state index in [1.807, 2.05) is 4.90 Å². The van der Waals surface area contributed by atoms with Crippen LogP contribution in [-0.2, 0) is 5.41 Å². The molecule has 0 atom stereocenters. The van der Waals surface area contributed by atoms with Crippen LogP contribution in [0.2, 0.25) is 0 Å². The standard InChI is InChI=1S/C15H24ClN3OS/c1-15(2,3)13-12(21-18-17-13)14(20)19(10-9-16)11-7-5-4-6-8-11/h11H,4-10H2,1-3H3. The zero-order valence-electron chi connectivity index (χ0n) is 13.1. The van der Waals surface area contributed by atoms with E-state index in [4.69, 9.17) is 11.6 Å². The Hall–Kier alpha value is -0.680. The van der Waals surface area contributed by atoms with E-state index in [0.29, 0.717) is 23.3 Å². The van der Waals surface area contributed by atoms with Crippen molar-refractivity contribution in [1.29, 1.82) is 0 Å². The molecule has 4 nitrogen and oxygen atoms in total. The minimum atomic E-state index is -0.169. The van der Waals surface area contributed by atoms with Gasteiger partial charge in [0.05, 0.1) is 5.69 Å². The first kappa shape index (κ1) is 16.7. The van der Waals surface area contributed by atoms with Crippen LogP contribution >= 0.6 is 23.1 Å². The lowest BCUT2D eigenvalue weighted by Crippen LogP contribution is -2.43. The minimum Gasteiger partial charge on any atom is -0.334 e. The first-order chi connectivity index (χ1) is 9.95. The van der Waals surface area contributed by atoms with Crippen LogP contribution in [0.15, 0.2) is 0 Å². The number of hydrogen-bond donors (Lipinski definition) is 0. The Labute approximate surface area is 136 Å². The van der Waals surface area contributed by atoms with Gasteiger partial charge in [0, 0.05) is 23.9 Å². The molecule has 0 aliphatic heterocycles. The van der Waals surface area contributed by atoms with Crippen molar-refractivity contribution in [2.45, 2.75) is 64.3 Å². The molecule has 6 heteroatoms. The molecule has 0 radical (unpaired) electrons. The van der Waals surface area contributed by atoms with Crippen LogP contribution in [0, 0.1) is 0 Å². The van der Waals surface area contributed by atoms with Gasteiger partial charge in [-0.15, -0.1) is 16.7 Å². The van der Waals surface area contributed by atoms with Gasteiger partial charge in [-0.2, -0.15) is 0 Å². The zero-order valence-corrected chi connectivity index (χ0v) is 14.6. The largest absolute Gasteiger partial charge is 0.334 e. The van der Waals surface area contributed by atoms with E-state index in [-0.39, 0.29) is 11.3 Å². The fourth-order valence-corrected chi connectivity index (χ4v) is 3.90. The van der Waals surface area contributed by atoms with Crippen molar-refractivity contribution in [2.75, 3.05) is 12.4 Å². The molecule has 1 amide bonds. The Morgan fingerprint density at radius 1 is 1.33 bits per heavy atom. The molecule has 1 heterocycles. The van der Waals surface area contributed by atoms with Crippen molar-refractivity contribution in [3.05, 3.63) is 10.6 Å². The van der Waals surface area contributed by atoms with E-state index < -0.39 is 0 Å². The van der Waals surface area contributed by atoms with Gasteiger partial charge in [-0.3, -0.25) is 4.79 Å². The molecule has 1 aliphatic carbocycles. The van der Waals surface area contributed by atoms with Crippen molar-refractivity contribution in [3.8, 4) is 0 Å². The second-order valence-corrected chi connectivity index (χ2v) is 7.81. The summed E-state index contributed by atoms with van der Waals surface area (Å²) in [6, 6.07) is 0.319. The summed E-state index contributed by atoms with van der Waals surface area (Å²) in [6.45, 7) is 6.79. The fourth-order valence-electron chi connectivity index (χ4n) is 2.89. The summed E-state index contributed by atoms with van der Waals surface area (Å²) in [5.41, 5.74) is 0.630. The fraction of sp³-hybridized carbons (Fsp3) is 0.800. The second-order valence-electron chi connectivity index (χ2n) is 6.68. The lowest BCUT2D eigenvalue weighted by Gasteiger charge is -2.34. The SMILES string of the molecule is CC(C)(C)c1nnsc1C(=O)N(CCCl)C1CCCCC1. The van der Waals surface area contributed by atoms with Crippen molar-refractivity contribution in [2.24, 2.45) is 0 Å². The molecule has 0 spiro atoms. The maximum absolute atomic E-state index is 13.0. The summed E-state index contributed by atoms with van der Waals surface area (Å²) in [5.74, 6) is 0.529. The lowest BCUT2D eigenvalue weighted by molar-refractivity contribution is 0.0652. The Kier molecular flexibility index (Phi) is 5.60. The third-order valence-corrected chi connectivity index (χ3v) is 4.88. The molecule has 2 rings (SSSR count). The number of hydrogen-bond acceptors (Lipinski definition) is 4. The highest BCUT2D eigenvalue weighted by atomic mass is 35.5. The highest BCUT2D eigenvalue weighted by Crippen LogP contribution is 2.29. The summed E-state index contributed by atoms with van der Waals surface area (Å²) < 4.78 is 4.01. The Bertz CT molecular complexity index is 478. The number of nitrogens with zero attached hydrogens (tertiary/aromatic N) is 3. The van der Waals surface area contributed by atoms with Gasteiger partial charge in [0.25, 0.3) is 5.91 Å². The topological polar surface area (TPSA) is 46.1 Å². The number of carbonyl (C=O) groups excluding carboxylic acids is 1. The Balaban J connectivity index is 2.24. The van der Waals surface area contributed by atoms with Gasteiger partial charge in [-0.1, -0.05) is 44.5 Å². The highest BCUT2D eigenvalue weighted by molar-refractivity contribution is 7.08. The van der Waals surface area contributed by atoms with Gasteiger partial charge in [0.1, 0.15) is 4.88 Å². The average Bonchev–Trinajstić information content (AvgIpc) is 2.94. The predicted octanol–water partition coefficient (Wildman–Crippen LogP) is 3.85.